The van der Waals surface area contributed by atoms with Crippen molar-refractivity contribution in [1.29, 1.82) is 0 Å². The molecule has 35 heavy (non-hydrogen) atoms. The van der Waals surface area contributed by atoms with Gasteiger partial charge in [-0.1, -0.05) is 30.3 Å². The second-order valence-corrected chi connectivity index (χ2v) is 8.44. The molecule has 0 bridgehead atoms. The molecule has 1 aliphatic rings. The van der Waals surface area contributed by atoms with E-state index < -0.39 is 23.1 Å². The van der Waals surface area contributed by atoms with Crippen LogP contribution in [0.3, 0.4) is 0 Å². The summed E-state index contributed by atoms with van der Waals surface area (Å²) in [5.74, 6) is -0.551. The third-order valence-corrected chi connectivity index (χ3v) is 6.16. The zero-order chi connectivity index (χ0) is 24.7. The van der Waals surface area contributed by atoms with Gasteiger partial charge < -0.3 is 9.88 Å². The highest BCUT2D eigenvalue weighted by Crippen LogP contribution is 2.31. The molecular weight excluding hydrogens is 457 g/mol. The molecule has 4 aromatic rings. The SMILES string of the molecule is Cc1cc(=O)c(C(=O)N2CC=C(c3c[nH]c4ccccc34)CC2)nn1-c1cccc(C(F)(F)F)c1. The van der Waals surface area contributed by atoms with Crippen LogP contribution in [0.5, 0.6) is 0 Å². The first kappa shape index (κ1) is 22.6. The Morgan fingerprint density at radius 2 is 1.89 bits per heavy atom. The van der Waals surface area contributed by atoms with E-state index in [1.807, 2.05) is 36.5 Å². The third kappa shape index (κ3) is 4.25. The maximum Gasteiger partial charge on any atom is 0.416 e. The van der Waals surface area contributed by atoms with Gasteiger partial charge in [0.25, 0.3) is 5.91 Å². The highest BCUT2D eigenvalue weighted by Gasteiger charge is 2.31. The number of hydrogen-bond acceptors (Lipinski definition) is 3. The number of amides is 1. The van der Waals surface area contributed by atoms with E-state index in [9.17, 15) is 22.8 Å². The lowest BCUT2D eigenvalue weighted by Gasteiger charge is -2.26. The fraction of sp³-hybridized carbons (Fsp3) is 0.192. The molecule has 0 atom stereocenters. The molecule has 0 unspecified atom stereocenters. The largest absolute Gasteiger partial charge is 0.416 e. The van der Waals surface area contributed by atoms with Gasteiger partial charge in [0.05, 0.1) is 11.3 Å². The molecule has 0 radical (unpaired) electrons. The number of aromatic amines is 1. The zero-order valence-electron chi connectivity index (χ0n) is 18.8. The monoisotopic (exact) mass is 478 g/mol. The Bertz CT molecular complexity index is 1530. The Morgan fingerprint density at radius 3 is 2.63 bits per heavy atom. The molecule has 0 fully saturated rings. The molecule has 9 heteroatoms. The summed E-state index contributed by atoms with van der Waals surface area (Å²) in [6.07, 6.45) is -0.0225. The van der Waals surface area contributed by atoms with Crippen molar-refractivity contribution in [2.45, 2.75) is 19.5 Å². The van der Waals surface area contributed by atoms with Crippen LogP contribution >= 0.6 is 0 Å². The second-order valence-electron chi connectivity index (χ2n) is 8.44. The van der Waals surface area contributed by atoms with E-state index >= 15 is 0 Å². The van der Waals surface area contributed by atoms with Gasteiger partial charge in [-0.3, -0.25) is 9.59 Å². The van der Waals surface area contributed by atoms with Gasteiger partial charge in [-0.05, 0) is 43.2 Å². The molecule has 5 rings (SSSR count). The zero-order valence-corrected chi connectivity index (χ0v) is 18.8. The van der Waals surface area contributed by atoms with Gasteiger partial charge in [0.2, 0.25) is 5.43 Å². The Kier molecular flexibility index (Phi) is 5.55. The number of aryl methyl sites for hydroxylation is 1. The minimum absolute atomic E-state index is 0.117. The Hall–Kier alpha value is -4.14. The number of nitrogens with one attached hydrogen (secondary N) is 1. The molecule has 3 heterocycles. The van der Waals surface area contributed by atoms with Crippen molar-refractivity contribution in [2.75, 3.05) is 13.1 Å². The molecule has 1 N–H and O–H groups in total. The highest BCUT2D eigenvalue weighted by molar-refractivity contribution is 5.95. The van der Waals surface area contributed by atoms with Gasteiger partial charge in [-0.2, -0.15) is 18.3 Å². The topological polar surface area (TPSA) is 71.0 Å². The summed E-state index contributed by atoms with van der Waals surface area (Å²) in [7, 11) is 0. The first-order chi connectivity index (χ1) is 16.7. The van der Waals surface area contributed by atoms with Gasteiger partial charge in [-0.15, -0.1) is 0 Å². The molecule has 0 saturated carbocycles. The number of nitrogens with zero attached hydrogens (tertiary/aromatic N) is 3. The van der Waals surface area contributed by atoms with Gasteiger partial charge >= 0.3 is 6.18 Å². The van der Waals surface area contributed by atoms with Crippen LogP contribution in [-0.4, -0.2) is 38.7 Å². The Labute approximate surface area is 198 Å². The van der Waals surface area contributed by atoms with E-state index in [-0.39, 0.29) is 11.4 Å². The molecule has 2 aromatic carbocycles. The normalized spacial score (nSPS) is 14.3. The van der Waals surface area contributed by atoms with Crippen LogP contribution in [0.2, 0.25) is 0 Å². The Balaban J connectivity index is 1.43. The molecule has 2 aromatic heterocycles. The number of rotatable bonds is 3. The molecule has 1 aliphatic heterocycles. The molecule has 0 saturated heterocycles. The summed E-state index contributed by atoms with van der Waals surface area (Å²) in [5.41, 5.74) is 1.92. The number of carbonyl (C=O) groups is 1. The highest BCUT2D eigenvalue weighted by atomic mass is 19.4. The van der Waals surface area contributed by atoms with E-state index in [1.54, 1.807) is 6.92 Å². The van der Waals surface area contributed by atoms with Crippen LogP contribution in [0.1, 0.15) is 33.7 Å². The van der Waals surface area contributed by atoms with Gasteiger partial charge in [-0.25, -0.2) is 4.68 Å². The second kappa shape index (κ2) is 8.57. The maximum absolute atomic E-state index is 13.2. The van der Waals surface area contributed by atoms with Gasteiger partial charge in [0.1, 0.15) is 0 Å². The van der Waals surface area contributed by atoms with Crippen molar-refractivity contribution >= 4 is 22.4 Å². The fourth-order valence-electron chi connectivity index (χ4n) is 4.36. The number of alkyl halides is 3. The van der Waals surface area contributed by atoms with Crippen molar-refractivity contribution in [3.63, 3.8) is 0 Å². The summed E-state index contributed by atoms with van der Waals surface area (Å²) in [6, 6.07) is 13.8. The van der Waals surface area contributed by atoms with Crippen LogP contribution in [0, 0.1) is 6.92 Å². The predicted octanol–water partition coefficient (Wildman–Crippen LogP) is 4.97. The lowest BCUT2D eigenvalue weighted by Crippen LogP contribution is -2.38. The third-order valence-electron chi connectivity index (χ3n) is 6.16. The van der Waals surface area contributed by atoms with Crippen LogP contribution in [0.4, 0.5) is 13.2 Å². The first-order valence-corrected chi connectivity index (χ1v) is 11.1. The first-order valence-electron chi connectivity index (χ1n) is 11.1. The quantitative estimate of drug-likeness (QED) is 0.452. The number of para-hydroxylation sites is 1. The lowest BCUT2D eigenvalue weighted by molar-refractivity contribution is -0.137. The lowest BCUT2D eigenvalue weighted by atomic mass is 9.99. The summed E-state index contributed by atoms with van der Waals surface area (Å²) >= 11 is 0. The van der Waals surface area contributed by atoms with Crippen molar-refractivity contribution in [1.82, 2.24) is 19.7 Å². The van der Waals surface area contributed by atoms with Crippen LogP contribution in [0.15, 0.2) is 71.7 Å². The number of halogens is 3. The molecule has 1 amide bonds. The summed E-state index contributed by atoms with van der Waals surface area (Å²) in [5, 5.41) is 5.27. The number of hydrogen-bond donors (Lipinski definition) is 1. The number of aromatic nitrogens is 3. The molecule has 0 aliphatic carbocycles. The molecular formula is C26H21F3N4O2. The standard InChI is InChI=1S/C26H21F3N4O2/c1-16-13-23(34)24(31-33(16)19-6-4-5-18(14-19)26(27,28)29)25(35)32-11-9-17(10-12-32)21-15-30-22-8-3-2-7-20(21)22/h2-9,13-15,30H,10-12H2,1H3. The number of carbonyl (C=O) groups excluding carboxylic acids is 1. The molecule has 178 valence electrons. The van der Waals surface area contributed by atoms with E-state index in [2.05, 4.69) is 10.1 Å². The smallest absolute Gasteiger partial charge is 0.361 e. The van der Waals surface area contributed by atoms with Gasteiger partial charge in [0, 0.05) is 47.5 Å². The Morgan fingerprint density at radius 1 is 1.09 bits per heavy atom. The van der Waals surface area contributed by atoms with E-state index in [0.717, 1.165) is 34.2 Å². The number of benzene rings is 2. The number of H-pyrrole nitrogens is 1. The van der Waals surface area contributed by atoms with E-state index in [1.165, 1.54) is 27.8 Å². The average Bonchev–Trinajstić information content (AvgIpc) is 3.28. The molecule has 0 spiro atoms. The fourth-order valence-corrected chi connectivity index (χ4v) is 4.36. The van der Waals surface area contributed by atoms with Crippen LogP contribution in [-0.2, 0) is 6.18 Å². The van der Waals surface area contributed by atoms with Crippen LogP contribution in [0.25, 0.3) is 22.2 Å². The number of fused-ring (bicyclic) bond motifs is 1. The van der Waals surface area contributed by atoms with Crippen molar-refractivity contribution in [3.05, 3.63) is 99.6 Å². The summed E-state index contributed by atoms with van der Waals surface area (Å²) in [6.45, 7) is 2.25. The van der Waals surface area contributed by atoms with Crippen LogP contribution < -0.4 is 5.43 Å². The van der Waals surface area contributed by atoms with Crippen molar-refractivity contribution in [3.8, 4) is 5.69 Å². The van der Waals surface area contributed by atoms with Crippen molar-refractivity contribution < 1.29 is 18.0 Å². The maximum atomic E-state index is 13.2. The summed E-state index contributed by atoms with van der Waals surface area (Å²) < 4.78 is 40.7. The summed E-state index contributed by atoms with van der Waals surface area (Å²) in [4.78, 5) is 30.6. The molecule has 6 nitrogen and oxygen atoms in total. The minimum atomic E-state index is -4.52. The minimum Gasteiger partial charge on any atom is -0.361 e. The van der Waals surface area contributed by atoms with Crippen molar-refractivity contribution in [2.24, 2.45) is 0 Å². The predicted molar refractivity (Wildman–Crippen MR) is 126 cm³/mol. The van der Waals surface area contributed by atoms with Gasteiger partial charge in [0.15, 0.2) is 5.69 Å². The average molecular weight is 478 g/mol. The van der Waals surface area contributed by atoms with E-state index in [0.29, 0.717) is 25.2 Å². The van der Waals surface area contributed by atoms with E-state index in [4.69, 9.17) is 0 Å².